The number of rotatable bonds is 8. The van der Waals surface area contributed by atoms with Crippen molar-refractivity contribution >= 4 is 28.5 Å². The fraction of sp³-hybridized carbons (Fsp3) is 0.281. The van der Waals surface area contributed by atoms with E-state index < -0.39 is 5.97 Å². The molecule has 4 aromatic rings. The highest BCUT2D eigenvalue weighted by atomic mass is 16.6. The number of hydrogen-bond donors (Lipinski definition) is 1. The Morgan fingerprint density at radius 2 is 1.68 bits per heavy atom. The number of pyridine rings is 1. The Morgan fingerprint density at radius 1 is 0.921 bits per heavy atom. The van der Waals surface area contributed by atoms with Gasteiger partial charge in [0.25, 0.3) is 5.91 Å². The summed E-state index contributed by atoms with van der Waals surface area (Å²) in [6.45, 7) is 1.85. The topological polar surface area (TPSA) is 77.5 Å². The molecule has 0 spiro atoms. The summed E-state index contributed by atoms with van der Waals surface area (Å²) in [5.41, 5.74) is 4.80. The number of esters is 1. The lowest BCUT2D eigenvalue weighted by Crippen LogP contribution is -2.15. The normalized spacial score (nSPS) is 13.7. The summed E-state index contributed by atoms with van der Waals surface area (Å²) in [4.78, 5) is 30.1. The lowest BCUT2D eigenvalue weighted by atomic mass is 9.84. The molecule has 38 heavy (non-hydrogen) atoms. The van der Waals surface area contributed by atoms with Gasteiger partial charge in [0, 0.05) is 22.7 Å². The first-order valence-electron chi connectivity index (χ1n) is 13.3. The minimum Gasteiger partial charge on any atom is -0.482 e. The van der Waals surface area contributed by atoms with Crippen LogP contribution in [0.3, 0.4) is 0 Å². The first-order chi connectivity index (χ1) is 18.6. The summed E-state index contributed by atoms with van der Waals surface area (Å²) < 4.78 is 10.6. The van der Waals surface area contributed by atoms with Crippen LogP contribution < -0.4 is 10.1 Å². The van der Waals surface area contributed by atoms with Gasteiger partial charge in [0.1, 0.15) is 5.75 Å². The third-order valence-corrected chi connectivity index (χ3v) is 7.00. The van der Waals surface area contributed by atoms with Crippen molar-refractivity contribution in [3.8, 4) is 17.0 Å². The minimum absolute atomic E-state index is 0.193. The minimum atomic E-state index is -0.437. The SMILES string of the molecule is CCOC(=O)COc1ccc2c(C(=O)Nc3ccc(C4CCCCC4)cc3)cc(-c3ccccc3)nc2c1. The maximum atomic E-state index is 13.5. The van der Waals surface area contributed by atoms with E-state index in [1.807, 2.05) is 48.5 Å². The van der Waals surface area contributed by atoms with Gasteiger partial charge in [-0.25, -0.2) is 9.78 Å². The summed E-state index contributed by atoms with van der Waals surface area (Å²) in [5.74, 6) is 0.451. The number of ether oxygens (including phenoxy) is 2. The molecule has 1 amide bonds. The van der Waals surface area contributed by atoms with Gasteiger partial charge < -0.3 is 14.8 Å². The van der Waals surface area contributed by atoms with E-state index in [2.05, 4.69) is 17.4 Å². The summed E-state index contributed by atoms with van der Waals surface area (Å²) >= 11 is 0. The van der Waals surface area contributed by atoms with Gasteiger partial charge >= 0.3 is 5.97 Å². The second kappa shape index (κ2) is 11.9. The predicted octanol–water partition coefficient (Wildman–Crippen LogP) is 7.14. The molecule has 1 heterocycles. The van der Waals surface area contributed by atoms with Gasteiger partial charge in [0.2, 0.25) is 0 Å². The van der Waals surface area contributed by atoms with Crippen molar-refractivity contribution in [1.29, 1.82) is 0 Å². The molecule has 0 aliphatic heterocycles. The number of nitrogens with zero attached hydrogens (tertiary/aromatic N) is 1. The highest BCUT2D eigenvalue weighted by molar-refractivity contribution is 6.13. The van der Waals surface area contributed by atoms with Crippen molar-refractivity contribution in [2.24, 2.45) is 0 Å². The summed E-state index contributed by atoms with van der Waals surface area (Å²) in [7, 11) is 0. The molecule has 6 nitrogen and oxygen atoms in total. The van der Waals surface area contributed by atoms with E-state index in [4.69, 9.17) is 14.5 Å². The molecule has 5 rings (SSSR count). The molecule has 1 aromatic heterocycles. The van der Waals surface area contributed by atoms with Crippen LogP contribution in [0.25, 0.3) is 22.2 Å². The lowest BCUT2D eigenvalue weighted by molar-refractivity contribution is -0.145. The average molecular weight is 509 g/mol. The van der Waals surface area contributed by atoms with Gasteiger partial charge in [0.05, 0.1) is 23.4 Å². The molecule has 6 heteroatoms. The van der Waals surface area contributed by atoms with Crippen molar-refractivity contribution in [1.82, 2.24) is 4.98 Å². The number of carbonyl (C=O) groups excluding carboxylic acids is 2. The predicted molar refractivity (Wildman–Crippen MR) is 150 cm³/mol. The number of hydrogen-bond acceptors (Lipinski definition) is 5. The first-order valence-corrected chi connectivity index (χ1v) is 13.3. The molecular formula is C32H32N2O4. The Labute approximate surface area is 223 Å². The largest absolute Gasteiger partial charge is 0.482 e. The van der Waals surface area contributed by atoms with E-state index in [0.717, 1.165) is 11.3 Å². The van der Waals surface area contributed by atoms with Crippen molar-refractivity contribution in [3.05, 3.63) is 90.0 Å². The third kappa shape index (κ3) is 6.02. The van der Waals surface area contributed by atoms with Crippen molar-refractivity contribution in [2.45, 2.75) is 44.9 Å². The Morgan fingerprint density at radius 3 is 2.42 bits per heavy atom. The molecule has 0 atom stereocenters. The third-order valence-electron chi connectivity index (χ3n) is 7.00. The van der Waals surface area contributed by atoms with Crippen LogP contribution in [-0.4, -0.2) is 30.1 Å². The number of anilines is 1. The van der Waals surface area contributed by atoms with Crippen molar-refractivity contribution < 1.29 is 19.1 Å². The Bertz CT molecular complexity index is 1410. The number of amides is 1. The molecule has 1 aliphatic carbocycles. The molecule has 1 saturated carbocycles. The molecule has 0 radical (unpaired) electrons. The van der Waals surface area contributed by atoms with Gasteiger partial charge in [-0.15, -0.1) is 0 Å². The Hall–Kier alpha value is -4.19. The number of benzene rings is 3. The second-order valence-corrected chi connectivity index (χ2v) is 9.60. The zero-order valence-electron chi connectivity index (χ0n) is 21.6. The zero-order chi connectivity index (χ0) is 26.3. The van der Waals surface area contributed by atoms with Gasteiger partial charge in [-0.2, -0.15) is 0 Å². The lowest BCUT2D eigenvalue weighted by Gasteiger charge is -2.22. The Kier molecular flexibility index (Phi) is 7.98. The van der Waals surface area contributed by atoms with Crippen LogP contribution in [0.2, 0.25) is 0 Å². The van der Waals surface area contributed by atoms with E-state index in [-0.39, 0.29) is 12.5 Å². The molecule has 0 saturated heterocycles. The molecule has 0 bridgehead atoms. The Balaban J connectivity index is 1.43. The van der Waals surface area contributed by atoms with E-state index in [9.17, 15) is 9.59 Å². The molecule has 0 unspecified atom stereocenters. The van der Waals surface area contributed by atoms with Gasteiger partial charge in [-0.05, 0) is 61.6 Å². The van der Waals surface area contributed by atoms with Crippen molar-refractivity contribution in [3.63, 3.8) is 0 Å². The molecule has 1 N–H and O–H groups in total. The number of nitrogens with one attached hydrogen (secondary N) is 1. The van der Waals surface area contributed by atoms with Crippen LogP contribution in [0.4, 0.5) is 5.69 Å². The summed E-state index contributed by atoms with van der Waals surface area (Å²) in [5, 5.41) is 3.77. The van der Waals surface area contributed by atoms with E-state index in [1.54, 1.807) is 25.1 Å². The van der Waals surface area contributed by atoms with E-state index in [0.29, 0.717) is 40.4 Å². The van der Waals surface area contributed by atoms with Crippen LogP contribution >= 0.6 is 0 Å². The number of fused-ring (bicyclic) bond motifs is 1. The van der Waals surface area contributed by atoms with Gasteiger partial charge in [0.15, 0.2) is 6.61 Å². The second-order valence-electron chi connectivity index (χ2n) is 9.60. The van der Waals surface area contributed by atoms with E-state index in [1.165, 1.54) is 37.7 Å². The van der Waals surface area contributed by atoms with Crippen LogP contribution in [0.5, 0.6) is 5.75 Å². The highest BCUT2D eigenvalue weighted by Gasteiger charge is 2.18. The monoisotopic (exact) mass is 508 g/mol. The van der Waals surface area contributed by atoms with Crippen molar-refractivity contribution in [2.75, 3.05) is 18.5 Å². The van der Waals surface area contributed by atoms with E-state index >= 15 is 0 Å². The maximum Gasteiger partial charge on any atom is 0.344 e. The maximum absolute atomic E-state index is 13.5. The number of carbonyl (C=O) groups is 2. The fourth-order valence-corrected chi connectivity index (χ4v) is 5.06. The molecular weight excluding hydrogens is 476 g/mol. The molecule has 1 aliphatic rings. The highest BCUT2D eigenvalue weighted by Crippen LogP contribution is 2.33. The van der Waals surface area contributed by atoms with Gasteiger partial charge in [-0.1, -0.05) is 61.7 Å². The quantitative estimate of drug-likeness (QED) is 0.256. The smallest absolute Gasteiger partial charge is 0.344 e. The van der Waals surface area contributed by atoms with Crippen LogP contribution in [0.15, 0.2) is 78.9 Å². The summed E-state index contributed by atoms with van der Waals surface area (Å²) in [6, 6.07) is 25.1. The van der Waals surface area contributed by atoms with Crippen LogP contribution in [0, 0.1) is 0 Å². The molecule has 3 aromatic carbocycles. The summed E-state index contributed by atoms with van der Waals surface area (Å²) in [6.07, 6.45) is 6.38. The first kappa shape index (κ1) is 25.5. The fourth-order valence-electron chi connectivity index (χ4n) is 5.06. The number of aromatic nitrogens is 1. The molecule has 1 fully saturated rings. The van der Waals surface area contributed by atoms with Crippen LogP contribution in [-0.2, 0) is 9.53 Å². The molecule has 194 valence electrons. The van der Waals surface area contributed by atoms with Crippen LogP contribution in [0.1, 0.15) is 60.9 Å². The standard InChI is InChI=1S/C32H32N2O4/c1-2-37-31(35)21-38-26-17-18-27-28(20-29(34-30(27)19-26)24-11-7-4-8-12-24)32(36)33-25-15-13-23(14-16-25)22-9-5-3-6-10-22/h4,7-8,11-20,22H,2-3,5-6,9-10,21H2,1H3,(H,33,36). The average Bonchev–Trinajstić information content (AvgIpc) is 2.97. The van der Waals surface area contributed by atoms with Gasteiger partial charge in [-0.3, -0.25) is 4.79 Å². The zero-order valence-corrected chi connectivity index (χ0v) is 21.6.